The maximum atomic E-state index is 12.2. The number of halogens is 1. The lowest BCUT2D eigenvalue weighted by Crippen LogP contribution is -2.30. The third-order valence-electron chi connectivity index (χ3n) is 4.30. The number of pyridine rings is 1. The zero-order valence-corrected chi connectivity index (χ0v) is 18.2. The van der Waals surface area contributed by atoms with E-state index in [4.69, 9.17) is 11.6 Å². The van der Waals surface area contributed by atoms with Gasteiger partial charge in [0.25, 0.3) is 0 Å². The summed E-state index contributed by atoms with van der Waals surface area (Å²) in [7, 11) is -3.77. The maximum absolute atomic E-state index is 12.2. The number of benzene rings is 1. The number of amides is 1. The van der Waals surface area contributed by atoms with E-state index in [1.165, 1.54) is 12.1 Å². The molecule has 0 fully saturated rings. The topological polar surface area (TPSA) is 106 Å². The molecule has 0 aliphatic carbocycles. The van der Waals surface area contributed by atoms with Gasteiger partial charge < -0.3 is 5.32 Å². The Morgan fingerprint density at radius 2 is 1.93 bits per heavy atom. The number of carbonyl (C=O) groups excluding carboxylic acids is 1. The molecule has 2 N–H and O–H groups in total. The van der Waals surface area contributed by atoms with Gasteiger partial charge in [0.05, 0.1) is 10.7 Å². The first-order valence-electron chi connectivity index (χ1n) is 9.26. The second-order valence-corrected chi connectivity index (χ2v) is 8.86. The fraction of sp³-hybridized carbons (Fsp3) is 0.250. The van der Waals surface area contributed by atoms with Gasteiger partial charge >= 0.3 is 0 Å². The Morgan fingerprint density at radius 3 is 2.57 bits per heavy atom. The monoisotopic (exact) mass is 447 g/mol. The predicted octanol–water partition coefficient (Wildman–Crippen LogP) is 2.52. The lowest BCUT2D eigenvalue weighted by atomic mass is 10.2. The van der Waals surface area contributed by atoms with Crippen molar-refractivity contribution in [3.05, 3.63) is 70.6 Å². The largest absolute Gasteiger partial charge is 0.352 e. The van der Waals surface area contributed by atoms with Crippen molar-refractivity contribution in [1.82, 2.24) is 24.8 Å². The van der Waals surface area contributed by atoms with Crippen LogP contribution in [0.1, 0.15) is 23.4 Å². The summed E-state index contributed by atoms with van der Waals surface area (Å²) in [6, 6.07) is 11.8. The lowest BCUT2D eigenvalue weighted by Gasteiger charge is -2.09. The standard InChI is InChI=1S/C20H22ClN5O3S/c1-14-11-15(2)26(25-14)19-8-7-16(12-22-19)13-23-20(27)9-10-24-30(28,29)18-6-4-3-5-17(18)21/h3-8,11-12,24H,9-10,13H2,1-2H3,(H,23,27). The lowest BCUT2D eigenvalue weighted by molar-refractivity contribution is -0.121. The van der Waals surface area contributed by atoms with Gasteiger partial charge in [0.15, 0.2) is 5.82 Å². The van der Waals surface area contributed by atoms with Crippen molar-refractivity contribution in [2.45, 2.75) is 31.7 Å². The molecule has 3 aromatic rings. The molecule has 3 rings (SSSR count). The molecular weight excluding hydrogens is 426 g/mol. The molecule has 0 unspecified atom stereocenters. The van der Waals surface area contributed by atoms with Crippen LogP contribution in [-0.2, 0) is 21.4 Å². The van der Waals surface area contributed by atoms with Crippen LogP contribution < -0.4 is 10.0 Å². The van der Waals surface area contributed by atoms with Gasteiger partial charge in [-0.1, -0.05) is 29.8 Å². The Bertz CT molecular complexity index is 1140. The molecule has 8 nitrogen and oxygen atoms in total. The Morgan fingerprint density at radius 1 is 1.17 bits per heavy atom. The first-order valence-corrected chi connectivity index (χ1v) is 11.1. The van der Waals surface area contributed by atoms with Crippen molar-refractivity contribution in [3.63, 3.8) is 0 Å². The number of sulfonamides is 1. The second kappa shape index (κ2) is 9.38. The minimum atomic E-state index is -3.77. The molecule has 0 atom stereocenters. The van der Waals surface area contributed by atoms with E-state index in [9.17, 15) is 13.2 Å². The predicted molar refractivity (Wildman–Crippen MR) is 114 cm³/mol. The van der Waals surface area contributed by atoms with Crippen LogP contribution in [0.15, 0.2) is 53.6 Å². The molecule has 2 heterocycles. The molecule has 0 bridgehead atoms. The highest BCUT2D eigenvalue weighted by atomic mass is 35.5. The van der Waals surface area contributed by atoms with Gasteiger partial charge in [0.1, 0.15) is 4.90 Å². The minimum absolute atomic E-state index is 0.000946. The third-order valence-corrected chi connectivity index (χ3v) is 6.26. The summed E-state index contributed by atoms with van der Waals surface area (Å²) in [6.07, 6.45) is 1.67. The molecule has 0 radical (unpaired) electrons. The van der Waals surface area contributed by atoms with Gasteiger partial charge in [0.2, 0.25) is 15.9 Å². The van der Waals surface area contributed by atoms with E-state index in [-0.39, 0.29) is 28.8 Å². The van der Waals surface area contributed by atoms with Gasteiger partial charge in [-0.25, -0.2) is 22.8 Å². The van der Waals surface area contributed by atoms with Gasteiger partial charge in [-0.3, -0.25) is 4.79 Å². The highest BCUT2D eigenvalue weighted by molar-refractivity contribution is 7.89. The molecule has 0 spiro atoms. The van der Waals surface area contributed by atoms with Crippen molar-refractivity contribution in [1.29, 1.82) is 0 Å². The van der Waals surface area contributed by atoms with Crippen molar-refractivity contribution in [2.24, 2.45) is 0 Å². The zero-order chi connectivity index (χ0) is 21.7. The van der Waals surface area contributed by atoms with E-state index >= 15 is 0 Å². The number of hydrogen-bond acceptors (Lipinski definition) is 5. The molecule has 0 saturated carbocycles. The van der Waals surface area contributed by atoms with Gasteiger partial charge in [-0.15, -0.1) is 0 Å². The first-order chi connectivity index (χ1) is 14.3. The molecule has 1 amide bonds. The van der Waals surface area contributed by atoms with E-state index in [1.54, 1.807) is 23.0 Å². The quantitative estimate of drug-likeness (QED) is 0.552. The second-order valence-electron chi connectivity index (χ2n) is 6.72. The van der Waals surface area contributed by atoms with Crippen LogP contribution >= 0.6 is 11.6 Å². The summed E-state index contributed by atoms with van der Waals surface area (Å²) in [5.41, 5.74) is 2.72. The van der Waals surface area contributed by atoms with Crippen molar-refractivity contribution in [2.75, 3.05) is 6.54 Å². The Hall–Kier alpha value is -2.75. The smallest absolute Gasteiger partial charge is 0.242 e. The average molecular weight is 448 g/mol. The molecule has 2 aromatic heterocycles. The molecule has 158 valence electrons. The van der Waals surface area contributed by atoms with E-state index < -0.39 is 10.0 Å². The van der Waals surface area contributed by atoms with Crippen molar-refractivity contribution < 1.29 is 13.2 Å². The summed E-state index contributed by atoms with van der Waals surface area (Å²) in [5.74, 6) is 0.420. The van der Waals surface area contributed by atoms with Crippen LogP contribution in [0.4, 0.5) is 0 Å². The normalized spacial score (nSPS) is 11.4. The van der Waals surface area contributed by atoms with Gasteiger partial charge in [-0.05, 0) is 43.7 Å². The van der Waals surface area contributed by atoms with Crippen molar-refractivity contribution >= 4 is 27.5 Å². The summed E-state index contributed by atoms with van der Waals surface area (Å²) >= 11 is 5.92. The number of nitrogens with zero attached hydrogens (tertiary/aromatic N) is 3. The van der Waals surface area contributed by atoms with Crippen LogP contribution in [0.5, 0.6) is 0 Å². The van der Waals surface area contributed by atoms with Crippen LogP contribution in [0.25, 0.3) is 5.82 Å². The molecule has 1 aromatic carbocycles. The number of hydrogen-bond donors (Lipinski definition) is 2. The van der Waals surface area contributed by atoms with E-state index in [0.717, 1.165) is 17.0 Å². The van der Waals surface area contributed by atoms with E-state index in [1.807, 2.05) is 32.0 Å². The van der Waals surface area contributed by atoms with Crippen LogP contribution in [0, 0.1) is 13.8 Å². The maximum Gasteiger partial charge on any atom is 0.242 e. The number of carbonyl (C=O) groups is 1. The minimum Gasteiger partial charge on any atom is -0.352 e. The molecule has 0 aliphatic rings. The van der Waals surface area contributed by atoms with Gasteiger partial charge in [0, 0.05) is 31.4 Å². The van der Waals surface area contributed by atoms with Crippen LogP contribution in [0.2, 0.25) is 5.02 Å². The summed E-state index contributed by atoms with van der Waals surface area (Å²) < 4.78 is 28.6. The Balaban J connectivity index is 1.48. The molecular formula is C20H22ClN5O3S. The van der Waals surface area contributed by atoms with Crippen LogP contribution in [0.3, 0.4) is 0 Å². The highest BCUT2D eigenvalue weighted by Crippen LogP contribution is 2.20. The molecule has 30 heavy (non-hydrogen) atoms. The molecule has 0 aliphatic heterocycles. The third kappa shape index (κ3) is 5.44. The molecule has 10 heteroatoms. The number of aromatic nitrogens is 3. The Kier molecular flexibility index (Phi) is 6.86. The van der Waals surface area contributed by atoms with E-state index in [0.29, 0.717) is 12.4 Å². The van der Waals surface area contributed by atoms with Crippen LogP contribution in [-0.4, -0.2) is 35.6 Å². The average Bonchev–Trinajstić information content (AvgIpc) is 3.05. The SMILES string of the molecule is Cc1cc(C)n(-c2ccc(CNC(=O)CCNS(=O)(=O)c3ccccc3Cl)cn2)n1. The summed E-state index contributed by atoms with van der Waals surface area (Å²) in [5, 5.41) is 7.26. The summed E-state index contributed by atoms with van der Waals surface area (Å²) in [6.45, 7) is 4.13. The molecule has 0 saturated heterocycles. The number of rotatable bonds is 8. The first kappa shape index (κ1) is 21.9. The summed E-state index contributed by atoms with van der Waals surface area (Å²) in [4.78, 5) is 16.4. The zero-order valence-electron chi connectivity index (χ0n) is 16.6. The fourth-order valence-electron chi connectivity index (χ4n) is 2.84. The van der Waals surface area contributed by atoms with E-state index in [2.05, 4.69) is 20.1 Å². The van der Waals surface area contributed by atoms with Gasteiger partial charge in [-0.2, -0.15) is 5.10 Å². The highest BCUT2D eigenvalue weighted by Gasteiger charge is 2.17. The van der Waals surface area contributed by atoms with Crippen molar-refractivity contribution in [3.8, 4) is 5.82 Å². The Labute approximate surface area is 180 Å². The fourth-order valence-corrected chi connectivity index (χ4v) is 4.38. The number of aryl methyl sites for hydroxylation is 2. The number of nitrogens with one attached hydrogen (secondary N) is 2.